The van der Waals surface area contributed by atoms with Crippen molar-refractivity contribution in [2.24, 2.45) is 0 Å². The average molecular weight is 560 g/mol. The van der Waals surface area contributed by atoms with Gasteiger partial charge in [0.2, 0.25) is 5.97 Å². The standard InChI is InChI=1S/C18H13F3O6.2Y/c19-18(20,21)27-15-3-1-12(2-4-15)17(22)26-14-7-5-13(6-8-14)25-11-23-9-16-10-24-16;;/h1-2,5-8,16H,9-11H2;;/q-2;;. The monoisotopic (exact) mass is 560 g/mol. The third-order valence-electron chi connectivity index (χ3n) is 3.22. The van der Waals surface area contributed by atoms with Crippen molar-refractivity contribution in [2.45, 2.75) is 12.5 Å². The van der Waals surface area contributed by atoms with Crippen molar-refractivity contribution in [3.05, 3.63) is 54.1 Å². The van der Waals surface area contributed by atoms with Gasteiger partial charge in [-0.3, -0.25) is 16.9 Å². The minimum absolute atomic E-state index is 0. The Balaban J connectivity index is 0.00000210. The van der Waals surface area contributed by atoms with Crippen molar-refractivity contribution in [3.8, 4) is 17.2 Å². The second kappa shape index (κ2) is 12.3. The van der Waals surface area contributed by atoms with Gasteiger partial charge in [-0.2, -0.15) is 5.56 Å². The second-order valence-electron chi connectivity index (χ2n) is 5.36. The van der Waals surface area contributed by atoms with Crippen LogP contribution in [0.4, 0.5) is 13.2 Å². The van der Waals surface area contributed by atoms with Gasteiger partial charge in [-0.15, -0.1) is 18.9 Å². The summed E-state index contributed by atoms with van der Waals surface area (Å²) in [6, 6.07) is 12.6. The van der Waals surface area contributed by atoms with Crippen LogP contribution in [0, 0.1) is 12.1 Å². The van der Waals surface area contributed by atoms with Gasteiger partial charge in [0.1, 0.15) is 17.6 Å². The van der Waals surface area contributed by atoms with Gasteiger partial charge < -0.3 is 35.8 Å². The summed E-state index contributed by atoms with van der Waals surface area (Å²) in [6.07, 6.45) is -4.70. The van der Waals surface area contributed by atoms with E-state index in [1.807, 2.05) is 0 Å². The first-order valence-electron chi connectivity index (χ1n) is 7.72. The number of rotatable bonds is 8. The molecule has 1 aliphatic heterocycles. The van der Waals surface area contributed by atoms with Crippen LogP contribution >= 0.6 is 0 Å². The molecule has 1 atom stereocenters. The smallest absolute Gasteiger partial charge is 0.468 e. The largest absolute Gasteiger partial charge is 0.569 e. The first-order valence-corrected chi connectivity index (χ1v) is 7.72. The van der Waals surface area contributed by atoms with E-state index in [-0.39, 0.29) is 89.6 Å². The second-order valence-corrected chi connectivity index (χ2v) is 5.36. The van der Waals surface area contributed by atoms with E-state index in [0.717, 1.165) is 12.1 Å². The SMILES string of the molecule is O=C(Oc1ccc(OCOCC2CO2)cc1)c1c[c-]c(OC(F)(F)F)[c-]c1.[Y].[Y]. The maximum Gasteiger partial charge on any atom is 0.569 e. The Kier molecular flexibility index (Phi) is 11.2. The molecule has 0 saturated carbocycles. The van der Waals surface area contributed by atoms with Crippen LogP contribution in [0.25, 0.3) is 0 Å². The van der Waals surface area contributed by atoms with Gasteiger partial charge in [0.15, 0.2) is 6.79 Å². The predicted octanol–water partition coefficient (Wildman–Crippen LogP) is 3.15. The Morgan fingerprint density at radius 2 is 1.69 bits per heavy atom. The number of benzene rings is 2. The van der Waals surface area contributed by atoms with Crippen molar-refractivity contribution in [1.29, 1.82) is 0 Å². The molecule has 0 aliphatic carbocycles. The Morgan fingerprint density at radius 3 is 2.24 bits per heavy atom. The van der Waals surface area contributed by atoms with Gasteiger partial charge >= 0.3 is 6.36 Å². The quantitative estimate of drug-likeness (QED) is 0.124. The summed E-state index contributed by atoms with van der Waals surface area (Å²) in [7, 11) is 0. The van der Waals surface area contributed by atoms with Gasteiger partial charge in [0, 0.05) is 65.4 Å². The molecular formula is C18H13F3O6Y2-2. The van der Waals surface area contributed by atoms with Crippen molar-refractivity contribution in [2.75, 3.05) is 20.0 Å². The van der Waals surface area contributed by atoms with Crippen LogP contribution in [0.3, 0.4) is 0 Å². The first kappa shape index (κ1) is 26.5. The molecule has 29 heavy (non-hydrogen) atoms. The van der Waals surface area contributed by atoms with Crippen LogP contribution in [-0.2, 0) is 74.9 Å². The van der Waals surface area contributed by atoms with Gasteiger partial charge in [0.25, 0.3) is 0 Å². The minimum Gasteiger partial charge on any atom is -0.468 e. The maximum absolute atomic E-state index is 12.1. The molecule has 3 rings (SSSR count). The summed E-state index contributed by atoms with van der Waals surface area (Å²) >= 11 is 0. The van der Waals surface area contributed by atoms with E-state index in [2.05, 4.69) is 16.9 Å². The zero-order valence-corrected chi connectivity index (χ0v) is 20.6. The fraction of sp³-hybridized carbons (Fsp3) is 0.278. The van der Waals surface area contributed by atoms with E-state index in [4.69, 9.17) is 18.9 Å². The molecule has 2 radical (unpaired) electrons. The van der Waals surface area contributed by atoms with E-state index >= 15 is 0 Å². The summed E-state index contributed by atoms with van der Waals surface area (Å²) in [5.41, 5.74) is -0.0273. The zero-order valence-electron chi connectivity index (χ0n) is 14.9. The van der Waals surface area contributed by atoms with Gasteiger partial charge in [-0.1, -0.05) is 0 Å². The molecule has 0 aromatic heterocycles. The fourth-order valence-corrected chi connectivity index (χ4v) is 1.89. The van der Waals surface area contributed by atoms with Crippen molar-refractivity contribution >= 4 is 5.97 Å². The maximum atomic E-state index is 12.1. The molecule has 0 amide bonds. The first-order chi connectivity index (χ1) is 12.9. The number of carbonyl (C=O) groups excluding carboxylic acids is 1. The average Bonchev–Trinajstić information content (AvgIpc) is 3.44. The number of alkyl halides is 3. The van der Waals surface area contributed by atoms with E-state index < -0.39 is 18.1 Å². The van der Waals surface area contributed by atoms with Gasteiger partial charge in [-0.05, 0) is 24.3 Å². The third-order valence-corrected chi connectivity index (χ3v) is 3.22. The van der Waals surface area contributed by atoms with Gasteiger partial charge in [0.05, 0.1) is 13.2 Å². The van der Waals surface area contributed by atoms with E-state index in [9.17, 15) is 18.0 Å². The van der Waals surface area contributed by atoms with Crippen LogP contribution in [-0.4, -0.2) is 38.4 Å². The molecule has 1 aliphatic rings. The number of ether oxygens (including phenoxy) is 5. The van der Waals surface area contributed by atoms with Crippen molar-refractivity contribution < 1.29 is 107 Å². The number of hydrogen-bond acceptors (Lipinski definition) is 6. The van der Waals surface area contributed by atoms with E-state index in [1.165, 1.54) is 12.1 Å². The minimum atomic E-state index is -4.85. The van der Waals surface area contributed by atoms with Crippen LogP contribution < -0.4 is 14.2 Å². The number of hydrogen-bond donors (Lipinski definition) is 0. The fourth-order valence-electron chi connectivity index (χ4n) is 1.89. The summed E-state index contributed by atoms with van der Waals surface area (Å²) in [5.74, 6) is -0.699. The molecular weight excluding hydrogens is 547 g/mol. The molecule has 1 unspecified atom stereocenters. The molecule has 0 spiro atoms. The van der Waals surface area contributed by atoms with E-state index in [0.29, 0.717) is 19.0 Å². The van der Waals surface area contributed by atoms with Crippen molar-refractivity contribution in [1.82, 2.24) is 0 Å². The Labute approximate surface area is 215 Å². The van der Waals surface area contributed by atoms with Crippen LogP contribution in [0.5, 0.6) is 17.2 Å². The molecule has 150 valence electrons. The summed E-state index contributed by atoms with van der Waals surface area (Å²) in [6.45, 7) is 1.24. The number of esters is 1. The van der Waals surface area contributed by atoms with Crippen LogP contribution in [0.15, 0.2) is 36.4 Å². The topological polar surface area (TPSA) is 66.5 Å². The molecule has 1 saturated heterocycles. The normalized spacial score (nSPS) is 14.8. The Morgan fingerprint density at radius 1 is 1.10 bits per heavy atom. The summed E-state index contributed by atoms with van der Waals surface area (Å²) in [4.78, 5) is 12.0. The Bertz CT molecular complexity index is 765. The molecule has 0 bridgehead atoms. The third kappa shape index (κ3) is 9.85. The van der Waals surface area contributed by atoms with Crippen molar-refractivity contribution in [3.63, 3.8) is 0 Å². The van der Waals surface area contributed by atoms with Gasteiger partial charge in [-0.25, -0.2) is 0 Å². The molecule has 0 N–H and O–H groups in total. The van der Waals surface area contributed by atoms with Crippen LogP contribution in [0.1, 0.15) is 10.4 Å². The molecule has 1 fully saturated rings. The molecule has 2 aromatic rings. The number of epoxide rings is 1. The zero-order chi connectivity index (χ0) is 19.3. The molecule has 11 heteroatoms. The van der Waals surface area contributed by atoms with E-state index in [1.54, 1.807) is 12.1 Å². The molecule has 6 nitrogen and oxygen atoms in total. The molecule has 1 heterocycles. The predicted molar refractivity (Wildman–Crippen MR) is 83.4 cm³/mol. The number of carbonyl (C=O) groups is 1. The van der Waals surface area contributed by atoms with Crippen LogP contribution in [0.2, 0.25) is 0 Å². The summed E-state index contributed by atoms with van der Waals surface area (Å²) < 4.78 is 60.6. The summed E-state index contributed by atoms with van der Waals surface area (Å²) in [5, 5.41) is 0. The Hall–Kier alpha value is -0.572. The number of halogens is 3. The molecule has 2 aromatic carbocycles.